The van der Waals surface area contributed by atoms with Gasteiger partial charge in [-0.1, -0.05) is 75.7 Å². The van der Waals surface area contributed by atoms with E-state index in [4.69, 9.17) is 0 Å². The fraction of sp³-hybridized carbons (Fsp3) is 1.00. The van der Waals surface area contributed by atoms with Crippen molar-refractivity contribution in [3.8, 4) is 0 Å². The predicted octanol–water partition coefficient (Wildman–Crippen LogP) is 7.29. The van der Waals surface area contributed by atoms with E-state index in [1.165, 1.54) is 19.3 Å². The fourth-order valence-corrected chi connectivity index (χ4v) is 4.59. The summed E-state index contributed by atoms with van der Waals surface area (Å²) in [5.41, 5.74) is 0. The van der Waals surface area contributed by atoms with E-state index in [1.807, 2.05) is 13.8 Å². The van der Waals surface area contributed by atoms with Gasteiger partial charge in [-0.25, -0.2) is 0 Å². The molecule has 1 saturated carbocycles. The zero-order valence-electron chi connectivity index (χ0n) is 16.7. The highest BCUT2D eigenvalue weighted by Gasteiger charge is 2.42. The first-order chi connectivity index (χ1) is 9.79. The topological polar surface area (TPSA) is 0 Å². The van der Waals surface area contributed by atoms with E-state index in [2.05, 4.69) is 55.4 Å². The molecular formula is C21H44. The maximum atomic E-state index is 2.50. The molecule has 0 aliphatic heterocycles. The molecule has 0 aromatic heterocycles. The van der Waals surface area contributed by atoms with E-state index in [9.17, 15) is 0 Å². The minimum Gasteiger partial charge on any atom is -0.0683 e. The molecule has 0 aromatic rings. The molecule has 128 valence electrons. The molecule has 5 unspecified atom stereocenters. The van der Waals surface area contributed by atoms with Gasteiger partial charge in [0.15, 0.2) is 0 Å². The van der Waals surface area contributed by atoms with Crippen molar-refractivity contribution in [1.82, 2.24) is 0 Å². The first-order valence-electron chi connectivity index (χ1n) is 9.79. The molecule has 0 nitrogen and oxygen atoms in total. The van der Waals surface area contributed by atoms with Gasteiger partial charge in [0.25, 0.3) is 0 Å². The van der Waals surface area contributed by atoms with Gasteiger partial charge < -0.3 is 0 Å². The van der Waals surface area contributed by atoms with Crippen molar-refractivity contribution >= 4 is 0 Å². The summed E-state index contributed by atoms with van der Waals surface area (Å²) in [7, 11) is 0. The third-order valence-corrected chi connectivity index (χ3v) is 6.08. The average molecular weight is 297 g/mol. The normalized spacial score (nSPS) is 31.3. The number of hydrogen-bond acceptors (Lipinski definition) is 0. The molecule has 0 spiro atoms. The largest absolute Gasteiger partial charge is 0.0683 e. The summed E-state index contributed by atoms with van der Waals surface area (Å²) in [4.78, 5) is 0. The fourth-order valence-electron chi connectivity index (χ4n) is 4.59. The van der Waals surface area contributed by atoms with E-state index in [1.54, 1.807) is 0 Å². The second-order valence-electron chi connectivity index (χ2n) is 8.25. The summed E-state index contributed by atoms with van der Waals surface area (Å²) in [6.45, 7) is 23.6. The van der Waals surface area contributed by atoms with Crippen LogP contribution in [0.5, 0.6) is 0 Å². The molecule has 0 heterocycles. The molecule has 1 rings (SSSR count). The molecule has 1 fully saturated rings. The minimum atomic E-state index is 0.847. The predicted molar refractivity (Wildman–Crippen MR) is 98.5 cm³/mol. The summed E-state index contributed by atoms with van der Waals surface area (Å²) in [6.07, 6.45) is 4.31. The second-order valence-corrected chi connectivity index (χ2v) is 8.25. The van der Waals surface area contributed by atoms with Crippen molar-refractivity contribution in [3.05, 3.63) is 0 Å². The van der Waals surface area contributed by atoms with Crippen LogP contribution in [-0.2, 0) is 0 Å². The summed E-state index contributed by atoms with van der Waals surface area (Å²) in [5, 5.41) is 0. The molecule has 0 aromatic carbocycles. The SMILES string of the molecule is CC.CCC(C)C1CC(C(C)C)CC(C(C)C)C1C(C)C. The van der Waals surface area contributed by atoms with Gasteiger partial charge in [-0.2, -0.15) is 0 Å². The monoisotopic (exact) mass is 296 g/mol. The molecule has 5 atom stereocenters. The van der Waals surface area contributed by atoms with Gasteiger partial charge in [0, 0.05) is 0 Å². The molecule has 0 N–H and O–H groups in total. The van der Waals surface area contributed by atoms with Gasteiger partial charge in [0.2, 0.25) is 0 Å². The first kappa shape index (κ1) is 21.0. The van der Waals surface area contributed by atoms with Crippen molar-refractivity contribution in [3.63, 3.8) is 0 Å². The quantitative estimate of drug-likeness (QED) is 0.500. The Labute approximate surface area is 136 Å². The van der Waals surface area contributed by atoms with Gasteiger partial charge in [-0.3, -0.25) is 0 Å². The smallest absolute Gasteiger partial charge is 0.0329 e. The summed E-state index contributed by atoms with van der Waals surface area (Å²) in [5.74, 6) is 7.26. The molecule has 0 saturated heterocycles. The molecule has 21 heavy (non-hydrogen) atoms. The summed E-state index contributed by atoms with van der Waals surface area (Å²) >= 11 is 0. The van der Waals surface area contributed by atoms with Crippen molar-refractivity contribution in [2.24, 2.45) is 47.3 Å². The van der Waals surface area contributed by atoms with E-state index >= 15 is 0 Å². The Morgan fingerprint density at radius 1 is 0.714 bits per heavy atom. The Bertz CT molecular complexity index is 251. The number of hydrogen-bond donors (Lipinski definition) is 0. The van der Waals surface area contributed by atoms with Crippen molar-refractivity contribution in [2.75, 3.05) is 0 Å². The molecule has 0 bridgehead atoms. The third kappa shape index (κ3) is 5.61. The third-order valence-electron chi connectivity index (χ3n) is 6.08. The Kier molecular flexibility index (Phi) is 9.90. The van der Waals surface area contributed by atoms with Crippen LogP contribution in [0.1, 0.15) is 88.5 Å². The van der Waals surface area contributed by atoms with Crippen LogP contribution in [0.2, 0.25) is 0 Å². The lowest BCUT2D eigenvalue weighted by Gasteiger charge is -2.49. The molecular weight excluding hydrogens is 252 g/mol. The van der Waals surface area contributed by atoms with Crippen molar-refractivity contribution < 1.29 is 0 Å². The van der Waals surface area contributed by atoms with Crippen LogP contribution >= 0.6 is 0 Å². The number of rotatable bonds is 5. The maximum absolute atomic E-state index is 2.50. The highest BCUT2D eigenvalue weighted by Crippen LogP contribution is 2.50. The molecule has 0 radical (unpaired) electrons. The van der Waals surface area contributed by atoms with Gasteiger partial charge in [0.05, 0.1) is 0 Å². The summed E-state index contributed by atoms with van der Waals surface area (Å²) in [6, 6.07) is 0. The van der Waals surface area contributed by atoms with Gasteiger partial charge in [-0.15, -0.1) is 0 Å². The van der Waals surface area contributed by atoms with Crippen LogP contribution in [0.3, 0.4) is 0 Å². The van der Waals surface area contributed by atoms with Crippen molar-refractivity contribution in [1.29, 1.82) is 0 Å². The average Bonchev–Trinajstić information content (AvgIpc) is 2.46. The van der Waals surface area contributed by atoms with Crippen LogP contribution in [0, 0.1) is 47.3 Å². The van der Waals surface area contributed by atoms with Crippen LogP contribution in [-0.4, -0.2) is 0 Å². The Morgan fingerprint density at radius 3 is 1.52 bits per heavy atom. The minimum absolute atomic E-state index is 0.847. The van der Waals surface area contributed by atoms with Crippen LogP contribution in [0.15, 0.2) is 0 Å². The molecule has 1 aliphatic rings. The standard InChI is InChI=1S/C19H38.C2H6/c1-9-15(8)18-11-16(12(2)3)10-17(13(4)5)19(18)14(6)7;1-2/h12-19H,9-11H2,1-8H3;1-2H3. The highest BCUT2D eigenvalue weighted by molar-refractivity contribution is 4.91. The van der Waals surface area contributed by atoms with Gasteiger partial charge in [0.1, 0.15) is 0 Å². The zero-order chi connectivity index (χ0) is 16.7. The Morgan fingerprint density at radius 2 is 1.19 bits per heavy atom. The second kappa shape index (κ2) is 9.90. The van der Waals surface area contributed by atoms with Crippen molar-refractivity contribution in [2.45, 2.75) is 88.5 Å². The van der Waals surface area contributed by atoms with Gasteiger partial charge >= 0.3 is 0 Å². The van der Waals surface area contributed by atoms with E-state index in [0.29, 0.717) is 0 Å². The lowest BCUT2D eigenvalue weighted by Crippen LogP contribution is -2.42. The Balaban J connectivity index is 0.00000191. The lowest BCUT2D eigenvalue weighted by molar-refractivity contribution is 0.000194. The van der Waals surface area contributed by atoms with E-state index < -0.39 is 0 Å². The maximum Gasteiger partial charge on any atom is -0.0329 e. The zero-order valence-corrected chi connectivity index (χ0v) is 16.7. The first-order valence-corrected chi connectivity index (χ1v) is 9.79. The molecule has 0 heteroatoms. The van der Waals surface area contributed by atoms with Crippen LogP contribution in [0.25, 0.3) is 0 Å². The lowest BCUT2D eigenvalue weighted by atomic mass is 9.56. The van der Waals surface area contributed by atoms with Gasteiger partial charge in [-0.05, 0) is 60.2 Å². The van der Waals surface area contributed by atoms with Crippen LogP contribution < -0.4 is 0 Å². The van der Waals surface area contributed by atoms with E-state index in [0.717, 1.165) is 47.3 Å². The molecule has 1 aliphatic carbocycles. The summed E-state index contributed by atoms with van der Waals surface area (Å²) < 4.78 is 0. The highest BCUT2D eigenvalue weighted by atomic mass is 14.5. The van der Waals surface area contributed by atoms with Crippen LogP contribution in [0.4, 0.5) is 0 Å². The van der Waals surface area contributed by atoms with E-state index in [-0.39, 0.29) is 0 Å². The molecule has 0 amide bonds. The Hall–Kier alpha value is 0.